The Morgan fingerprint density at radius 3 is 2.39 bits per heavy atom. The van der Waals surface area contributed by atoms with Gasteiger partial charge in [0, 0.05) is 6.61 Å². The van der Waals surface area contributed by atoms with E-state index in [-0.39, 0.29) is 12.2 Å². The van der Waals surface area contributed by atoms with Crippen LogP contribution >= 0.6 is 0 Å². The summed E-state index contributed by atoms with van der Waals surface area (Å²) in [6.07, 6.45) is -0.0108. The molecule has 0 saturated carbocycles. The number of aliphatic hydroxyl groups is 1. The Bertz CT molecular complexity index is 313. The number of rotatable bonds is 8. The van der Waals surface area contributed by atoms with Gasteiger partial charge in [-0.1, -0.05) is 37.3 Å². The molecule has 0 aromatic heterocycles. The summed E-state index contributed by atoms with van der Waals surface area (Å²) >= 11 is 0. The van der Waals surface area contributed by atoms with E-state index in [1.54, 1.807) is 0 Å². The van der Waals surface area contributed by atoms with Crippen molar-refractivity contribution < 1.29 is 14.6 Å². The molecule has 3 atom stereocenters. The fraction of sp³-hybridized carbons (Fsp3) is 0.600. The van der Waals surface area contributed by atoms with Gasteiger partial charge >= 0.3 is 0 Å². The summed E-state index contributed by atoms with van der Waals surface area (Å²) in [7, 11) is 0. The first-order valence-corrected chi connectivity index (χ1v) is 6.65. The second kappa shape index (κ2) is 8.25. The van der Waals surface area contributed by atoms with E-state index in [2.05, 4.69) is 0 Å². The third kappa shape index (κ3) is 4.77. The maximum absolute atomic E-state index is 10.3. The van der Waals surface area contributed by atoms with Crippen molar-refractivity contribution in [3.05, 3.63) is 35.9 Å². The Morgan fingerprint density at radius 1 is 1.17 bits per heavy atom. The molecule has 1 N–H and O–H groups in total. The van der Waals surface area contributed by atoms with Crippen LogP contribution in [0.1, 0.15) is 38.9 Å². The van der Waals surface area contributed by atoms with Gasteiger partial charge in [-0.25, -0.2) is 0 Å². The van der Waals surface area contributed by atoms with E-state index < -0.39 is 6.10 Å². The maximum atomic E-state index is 10.3. The summed E-state index contributed by atoms with van der Waals surface area (Å²) in [5, 5.41) is 10.3. The number of aliphatic hydroxyl groups excluding tert-OH is 1. The molecule has 1 rings (SSSR count). The highest BCUT2D eigenvalue weighted by Gasteiger charge is 2.21. The van der Waals surface area contributed by atoms with Gasteiger partial charge in [0.1, 0.15) is 6.10 Å². The van der Waals surface area contributed by atoms with Crippen molar-refractivity contribution in [2.75, 3.05) is 13.2 Å². The van der Waals surface area contributed by atoms with E-state index in [1.165, 1.54) is 0 Å². The highest BCUT2D eigenvalue weighted by Crippen LogP contribution is 2.22. The van der Waals surface area contributed by atoms with Crippen molar-refractivity contribution in [3.8, 4) is 0 Å². The summed E-state index contributed by atoms with van der Waals surface area (Å²) in [6, 6.07) is 9.63. The van der Waals surface area contributed by atoms with Crippen LogP contribution in [0, 0.1) is 0 Å². The smallest absolute Gasteiger partial charge is 0.105 e. The molecule has 3 nitrogen and oxygen atoms in total. The van der Waals surface area contributed by atoms with Gasteiger partial charge in [0.05, 0.1) is 18.8 Å². The monoisotopic (exact) mass is 252 g/mol. The topological polar surface area (TPSA) is 38.7 Å². The Hall–Kier alpha value is -0.900. The lowest BCUT2D eigenvalue weighted by Crippen LogP contribution is -2.28. The first-order chi connectivity index (χ1) is 8.69. The zero-order chi connectivity index (χ0) is 13.4. The van der Waals surface area contributed by atoms with Crippen LogP contribution in [0.4, 0.5) is 0 Å². The number of benzene rings is 1. The highest BCUT2D eigenvalue weighted by atomic mass is 16.5. The minimum atomic E-state index is -0.583. The molecule has 0 fully saturated rings. The third-order valence-electron chi connectivity index (χ3n) is 2.86. The van der Waals surface area contributed by atoms with Gasteiger partial charge in [-0.15, -0.1) is 0 Å². The van der Waals surface area contributed by atoms with Crippen molar-refractivity contribution in [2.24, 2.45) is 0 Å². The molecule has 0 aliphatic rings. The van der Waals surface area contributed by atoms with E-state index in [0.717, 1.165) is 12.0 Å². The molecule has 0 aliphatic heterocycles. The molecule has 18 heavy (non-hydrogen) atoms. The lowest BCUT2D eigenvalue weighted by atomic mass is 10.0. The SMILES string of the molecule is CCOCC(C)OC(CC)C(O)c1ccccc1. The Balaban J connectivity index is 2.55. The fourth-order valence-corrected chi connectivity index (χ4v) is 1.88. The van der Waals surface area contributed by atoms with Crippen LogP contribution in [0.3, 0.4) is 0 Å². The van der Waals surface area contributed by atoms with Crippen LogP contribution in [0.2, 0.25) is 0 Å². The van der Waals surface area contributed by atoms with Crippen LogP contribution in [0.15, 0.2) is 30.3 Å². The van der Waals surface area contributed by atoms with Gasteiger partial charge in [0.2, 0.25) is 0 Å². The normalized spacial score (nSPS) is 16.2. The number of hydrogen-bond acceptors (Lipinski definition) is 3. The third-order valence-corrected chi connectivity index (χ3v) is 2.86. The molecule has 3 heteroatoms. The van der Waals surface area contributed by atoms with Crippen LogP contribution in [-0.2, 0) is 9.47 Å². The lowest BCUT2D eigenvalue weighted by molar-refractivity contribution is -0.0959. The largest absolute Gasteiger partial charge is 0.386 e. The molecule has 0 radical (unpaired) electrons. The van der Waals surface area contributed by atoms with E-state index in [1.807, 2.05) is 51.1 Å². The van der Waals surface area contributed by atoms with Crippen LogP contribution < -0.4 is 0 Å². The minimum absolute atomic E-state index is 0.00624. The molecule has 1 aromatic carbocycles. The Morgan fingerprint density at radius 2 is 1.83 bits per heavy atom. The zero-order valence-corrected chi connectivity index (χ0v) is 11.5. The Kier molecular flexibility index (Phi) is 6.94. The fourth-order valence-electron chi connectivity index (χ4n) is 1.88. The maximum Gasteiger partial charge on any atom is 0.105 e. The van der Waals surface area contributed by atoms with Crippen molar-refractivity contribution in [3.63, 3.8) is 0 Å². The first kappa shape index (κ1) is 15.2. The molecule has 0 spiro atoms. The van der Waals surface area contributed by atoms with Crippen molar-refractivity contribution in [2.45, 2.75) is 45.5 Å². The van der Waals surface area contributed by atoms with E-state index in [4.69, 9.17) is 9.47 Å². The average Bonchev–Trinajstić information content (AvgIpc) is 2.42. The zero-order valence-electron chi connectivity index (χ0n) is 11.5. The molecular formula is C15H24O3. The standard InChI is InChI=1S/C15H24O3/c1-4-14(18-12(3)11-17-5-2)15(16)13-9-7-6-8-10-13/h6-10,12,14-16H,4-5,11H2,1-3H3. The summed E-state index contributed by atoms with van der Waals surface area (Å²) in [5.41, 5.74) is 0.896. The lowest BCUT2D eigenvalue weighted by Gasteiger charge is -2.26. The predicted molar refractivity (Wildman–Crippen MR) is 72.5 cm³/mol. The molecule has 0 heterocycles. The highest BCUT2D eigenvalue weighted by molar-refractivity contribution is 5.18. The second-order valence-electron chi connectivity index (χ2n) is 4.41. The van der Waals surface area contributed by atoms with Crippen LogP contribution in [0.25, 0.3) is 0 Å². The van der Waals surface area contributed by atoms with Gasteiger partial charge in [-0.2, -0.15) is 0 Å². The van der Waals surface area contributed by atoms with Crippen molar-refractivity contribution >= 4 is 0 Å². The van der Waals surface area contributed by atoms with Gasteiger partial charge in [0.15, 0.2) is 0 Å². The van der Waals surface area contributed by atoms with Gasteiger partial charge in [0.25, 0.3) is 0 Å². The van der Waals surface area contributed by atoms with Crippen LogP contribution in [-0.4, -0.2) is 30.5 Å². The van der Waals surface area contributed by atoms with E-state index in [0.29, 0.717) is 13.2 Å². The second-order valence-corrected chi connectivity index (χ2v) is 4.41. The number of ether oxygens (including phenoxy) is 2. The molecule has 102 valence electrons. The quantitative estimate of drug-likeness (QED) is 0.773. The molecule has 0 aliphatic carbocycles. The van der Waals surface area contributed by atoms with Gasteiger partial charge < -0.3 is 14.6 Å². The van der Waals surface area contributed by atoms with Gasteiger partial charge in [-0.3, -0.25) is 0 Å². The van der Waals surface area contributed by atoms with Gasteiger partial charge in [-0.05, 0) is 25.8 Å². The summed E-state index contributed by atoms with van der Waals surface area (Å²) in [5.74, 6) is 0. The predicted octanol–water partition coefficient (Wildman–Crippen LogP) is 2.94. The summed E-state index contributed by atoms with van der Waals surface area (Å²) < 4.78 is 11.2. The summed E-state index contributed by atoms with van der Waals surface area (Å²) in [4.78, 5) is 0. The molecular weight excluding hydrogens is 228 g/mol. The molecule has 1 aromatic rings. The molecule has 0 saturated heterocycles. The number of hydrogen-bond donors (Lipinski definition) is 1. The molecule has 0 amide bonds. The first-order valence-electron chi connectivity index (χ1n) is 6.65. The molecule has 3 unspecified atom stereocenters. The van der Waals surface area contributed by atoms with Crippen LogP contribution in [0.5, 0.6) is 0 Å². The minimum Gasteiger partial charge on any atom is -0.386 e. The molecule has 0 bridgehead atoms. The Labute approximate surface area is 110 Å². The summed E-state index contributed by atoms with van der Waals surface area (Å²) in [6.45, 7) is 7.20. The van der Waals surface area contributed by atoms with Crippen molar-refractivity contribution in [1.82, 2.24) is 0 Å². The average molecular weight is 252 g/mol. The van der Waals surface area contributed by atoms with E-state index in [9.17, 15) is 5.11 Å². The van der Waals surface area contributed by atoms with Crippen molar-refractivity contribution in [1.29, 1.82) is 0 Å². The van der Waals surface area contributed by atoms with E-state index >= 15 is 0 Å².